The van der Waals surface area contributed by atoms with Crippen LogP contribution < -0.4 is 9.47 Å². The molecule has 0 saturated carbocycles. The highest BCUT2D eigenvalue weighted by atomic mass is 16.6. The number of esters is 1. The molecule has 0 spiro atoms. The summed E-state index contributed by atoms with van der Waals surface area (Å²) in [5.41, 5.74) is 1.65. The van der Waals surface area contributed by atoms with E-state index in [0.29, 0.717) is 28.2 Å². The molecule has 4 aromatic carbocycles. The summed E-state index contributed by atoms with van der Waals surface area (Å²) in [6, 6.07) is 32.1. The molecule has 0 aromatic heterocycles. The average Bonchev–Trinajstić information content (AvgIpc) is 2.88. The van der Waals surface area contributed by atoms with Crippen LogP contribution in [0.3, 0.4) is 0 Å². The topological polar surface area (TPSA) is 61.8 Å². The van der Waals surface area contributed by atoms with Gasteiger partial charge in [0.1, 0.15) is 30.5 Å². The summed E-state index contributed by atoms with van der Waals surface area (Å²) in [4.78, 5) is 24.7. The number of hydrogen-bond acceptors (Lipinski definition) is 5. The molecule has 0 aliphatic rings. The smallest absolute Gasteiger partial charge is 0.338 e. The van der Waals surface area contributed by atoms with Crippen LogP contribution in [-0.2, 0) is 4.74 Å². The highest BCUT2D eigenvalue weighted by Gasteiger charge is 2.10. The maximum Gasteiger partial charge on any atom is 0.338 e. The molecule has 0 saturated heterocycles. The third kappa shape index (κ3) is 6.08. The maximum absolute atomic E-state index is 12.5. The van der Waals surface area contributed by atoms with Crippen LogP contribution in [0.15, 0.2) is 109 Å². The molecular formula is C28H22O5. The molecule has 0 aliphatic carbocycles. The monoisotopic (exact) mass is 438 g/mol. The summed E-state index contributed by atoms with van der Waals surface area (Å²) in [6.45, 7) is 0.430. The van der Waals surface area contributed by atoms with E-state index < -0.39 is 5.97 Å². The van der Waals surface area contributed by atoms with Crippen molar-refractivity contribution in [3.8, 4) is 17.2 Å². The van der Waals surface area contributed by atoms with Crippen LogP contribution in [0, 0.1) is 0 Å². The molecule has 0 radical (unpaired) electrons. The van der Waals surface area contributed by atoms with Crippen molar-refractivity contribution < 1.29 is 23.8 Å². The van der Waals surface area contributed by atoms with Crippen molar-refractivity contribution in [1.82, 2.24) is 0 Å². The van der Waals surface area contributed by atoms with Gasteiger partial charge in [-0.05, 0) is 60.7 Å². The zero-order chi connectivity index (χ0) is 22.9. The third-order valence-corrected chi connectivity index (χ3v) is 4.81. The number of carbonyl (C=O) groups excluding carboxylic acids is 2. The summed E-state index contributed by atoms with van der Waals surface area (Å²) >= 11 is 0. The molecule has 0 bridgehead atoms. The van der Waals surface area contributed by atoms with E-state index in [1.165, 1.54) is 0 Å². The number of para-hydroxylation sites is 1. The standard InChI is InChI=1S/C28H22O5/c29-27(21-7-3-1-4-8-21)22-11-15-25(16-12-22)33-26-17-13-23(14-18-26)28(30)32-20-19-31-24-9-5-2-6-10-24/h1-18H,19-20H2. The Kier molecular flexibility index (Phi) is 7.13. The molecular weight excluding hydrogens is 416 g/mol. The fraction of sp³-hybridized carbons (Fsp3) is 0.0714. The van der Waals surface area contributed by atoms with E-state index in [9.17, 15) is 9.59 Å². The lowest BCUT2D eigenvalue weighted by Gasteiger charge is -2.09. The lowest BCUT2D eigenvalue weighted by Crippen LogP contribution is -2.12. The van der Waals surface area contributed by atoms with E-state index >= 15 is 0 Å². The van der Waals surface area contributed by atoms with Gasteiger partial charge in [-0.3, -0.25) is 4.79 Å². The molecule has 5 nitrogen and oxygen atoms in total. The first-order valence-electron chi connectivity index (χ1n) is 10.5. The molecule has 0 atom stereocenters. The Hall–Kier alpha value is -4.38. The second kappa shape index (κ2) is 10.8. The number of benzene rings is 4. The Labute approximate surface area is 192 Å². The van der Waals surface area contributed by atoms with Crippen molar-refractivity contribution in [3.05, 3.63) is 126 Å². The Bertz CT molecular complexity index is 1180. The van der Waals surface area contributed by atoms with Gasteiger partial charge in [-0.2, -0.15) is 0 Å². The molecule has 0 N–H and O–H groups in total. The highest BCUT2D eigenvalue weighted by molar-refractivity contribution is 6.09. The molecule has 0 aliphatic heterocycles. The number of ether oxygens (including phenoxy) is 3. The van der Waals surface area contributed by atoms with Gasteiger partial charge in [0.05, 0.1) is 5.56 Å². The molecule has 4 aromatic rings. The summed E-state index contributed by atoms with van der Waals surface area (Å²) < 4.78 is 16.6. The van der Waals surface area contributed by atoms with Gasteiger partial charge in [0.25, 0.3) is 0 Å². The second-order valence-electron chi connectivity index (χ2n) is 7.14. The first-order valence-corrected chi connectivity index (χ1v) is 10.5. The Morgan fingerprint density at radius 2 is 1.03 bits per heavy atom. The van der Waals surface area contributed by atoms with Gasteiger partial charge in [-0.1, -0.05) is 48.5 Å². The van der Waals surface area contributed by atoms with E-state index in [2.05, 4.69) is 0 Å². The van der Waals surface area contributed by atoms with Gasteiger partial charge in [0.2, 0.25) is 0 Å². The summed E-state index contributed by atoms with van der Waals surface area (Å²) in [7, 11) is 0. The van der Waals surface area contributed by atoms with Crippen LogP contribution in [0.2, 0.25) is 0 Å². The fourth-order valence-corrected chi connectivity index (χ4v) is 3.12. The molecule has 33 heavy (non-hydrogen) atoms. The first kappa shape index (κ1) is 21.8. The molecule has 5 heteroatoms. The van der Waals surface area contributed by atoms with Gasteiger partial charge >= 0.3 is 5.97 Å². The molecule has 0 amide bonds. The number of carbonyl (C=O) groups is 2. The largest absolute Gasteiger partial charge is 0.490 e. The molecule has 0 heterocycles. The minimum Gasteiger partial charge on any atom is -0.490 e. The quantitative estimate of drug-likeness (QED) is 0.184. The maximum atomic E-state index is 12.5. The van der Waals surface area contributed by atoms with Crippen LogP contribution >= 0.6 is 0 Å². The Morgan fingerprint density at radius 3 is 1.64 bits per heavy atom. The van der Waals surface area contributed by atoms with E-state index in [1.54, 1.807) is 60.7 Å². The Balaban J connectivity index is 1.27. The lowest BCUT2D eigenvalue weighted by atomic mass is 10.0. The SMILES string of the molecule is O=C(OCCOc1ccccc1)c1ccc(Oc2ccc(C(=O)c3ccccc3)cc2)cc1. The number of hydrogen-bond donors (Lipinski definition) is 0. The molecule has 0 unspecified atom stereocenters. The normalized spacial score (nSPS) is 10.3. The highest BCUT2D eigenvalue weighted by Crippen LogP contribution is 2.23. The fourth-order valence-electron chi connectivity index (χ4n) is 3.12. The van der Waals surface area contributed by atoms with Gasteiger partial charge in [0, 0.05) is 11.1 Å². The van der Waals surface area contributed by atoms with Crippen LogP contribution in [0.1, 0.15) is 26.3 Å². The predicted octanol–water partition coefficient (Wildman–Crippen LogP) is 5.95. The third-order valence-electron chi connectivity index (χ3n) is 4.81. The van der Waals surface area contributed by atoms with Crippen LogP contribution in [-0.4, -0.2) is 25.0 Å². The van der Waals surface area contributed by atoms with Crippen molar-refractivity contribution >= 4 is 11.8 Å². The number of ketones is 1. The van der Waals surface area contributed by atoms with Gasteiger partial charge in [-0.25, -0.2) is 4.79 Å². The van der Waals surface area contributed by atoms with E-state index in [4.69, 9.17) is 14.2 Å². The second-order valence-corrected chi connectivity index (χ2v) is 7.14. The summed E-state index contributed by atoms with van der Waals surface area (Å²) in [5, 5.41) is 0. The number of rotatable bonds is 9. The van der Waals surface area contributed by atoms with Crippen molar-refractivity contribution in [2.45, 2.75) is 0 Å². The van der Waals surface area contributed by atoms with Gasteiger partial charge in [0.15, 0.2) is 5.78 Å². The van der Waals surface area contributed by atoms with E-state index in [1.807, 2.05) is 48.5 Å². The van der Waals surface area contributed by atoms with Gasteiger partial charge in [-0.15, -0.1) is 0 Å². The zero-order valence-corrected chi connectivity index (χ0v) is 17.8. The van der Waals surface area contributed by atoms with E-state index in [0.717, 1.165) is 5.75 Å². The van der Waals surface area contributed by atoms with Gasteiger partial charge < -0.3 is 14.2 Å². The zero-order valence-electron chi connectivity index (χ0n) is 17.8. The first-order chi connectivity index (χ1) is 16.2. The average molecular weight is 438 g/mol. The van der Waals surface area contributed by atoms with Crippen molar-refractivity contribution in [1.29, 1.82) is 0 Å². The van der Waals surface area contributed by atoms with Crippen molar-refractivity contribution in [3.63, 3.8) is 0 Å². The summed E-state index contributed by atoms with van der Waals surface area (Å²) in [5.74, 6) is 1.42. The molecule has 0 fully saturated rings. The van der Waals surface area contributed by atoms with Crippen molar-refractivity contribution in [2.24, 2.45) is 0 Å². The minimum absolute atomic E-state index is 0.0424. The van der Waals surface area contributed by atoms with Crippen LogP contribution in [0.5, 0.6) is 17.2 Å². The van der Waals surface area contributed by atoms with Crippen LogP contribution in [0.4, 0.5) is 0 Å². The Morgan fingerprint density at radius 1 is 0.515 bits per heavy atom. The summed E-state index contributed by atoms with van der Waals surface area (Å²) in [6.07, 6.45) is 0. The van der Waals surface area contributed by atoms with Crippen molar-refractivity contribution in [2.75, 3.05) is 13.2 Å². The van der Waals surface area contributed by atoms with E-state index in [-0.39, 0.29) is 19.0 Å². The van der Waals surface area contributed by atoms with Crippen LogP contribution in [0.25, 0.3) is 0 Å². The minimum atomic E-state index is -0.429. The molecule has 164 valence electrons. The predicted molar refractivity (Wildman–Crippen MR) is 125 cm³/mol. The lowest BCUT2D eigenvalue weighted by molar-refractivity contribution is 0.0450. The molecule has 4 rings (SSSR count).